The van der Waals surface area contributed by atoms with Crippen molar-refractivity contribution in [2.75, 3.05) is 0 Å². The molecule has 0 aliphatic heterocycles. The second-order valence-electron chi connectivity index (χ2n) is 4.94. The van der Waals surface area contributed by atoms with Crippen molar-refractivity contribution in [3.05, 3.63) is 95.8 Å². The Kier molecular flexibility index (Phi) is 4.60. The number of aromatic nitrogens is 1. The van der Waals surface area contributed by atoms with Gasteiger partial charge in [0.2, 0.25) is 0 Å². The first-order valence-electron chi connectivity index (χ1n) is 7.27. The lowest BCUT2D eigenvalue weighted by molar-refractivity contribution is 0.0735. The van der Waals surface area contributed by atoms with Gasteiger partial charge < -0.3 is 4.74 Å². The first-order chi connectivity index (χ1) is 11.3. The summed E-state index contributed by atoms with van der Waals surface area (Å²) in [5, 5.41) is 0. The van der Waals surface area contributed by atoms with Gasteiger partial charge in [-0.1, -0.05) is 42.5 Å². The van der Waals surface area contributed by atoms with Crippen molar-refractivity contribution in [3.63, 3.8) is 0 Å². The molecule has 2 aromatic carbocycles. The monoisotopic (exact) mass is 301 g/mol. The van der Waals surface area contributed by atoms with Crippen molar-refractivity contribution in [1.29, 1.82) is 0 Å². The van der Waals surface area contributed by atoms with Crippen molar-refractivity contribution in [2.45, 2.75) is 0 Å². The molecule has 0 atom stereocenters. The molecule has 0 saturated heterocycles. The molecule has 0 aliphatic rings. The number of benzene rings is 2. The quantitative estimate of drug-likeness (QED) is 0.527. The molecule has 0 N–H and O–H groups in total. The van der Waals surface area contributed by atoms with E-state index in [1.807, 2.05) is 54.6 Å². The molecule has 0 aliphatic carbocycles. The Morgan fingerprint density at radius 3 is 2.04 bits per heavy atom. The lowest BCUT2D eigenvalue weighted by Crippen LogP contribution is -2.07. The van der Waals surface area contributed by atoms with Crippen LogP contribution in [0.1, 0.15) is 21.5 Å². The van der Waals surface area contributed by atoms with E-state index in [0.717, 1.165) is 11.1 Å². The van der Waals surface area contributed by atoms with E-state index in [9.17, 15) is 4.79 Å². The van der Waals surface area contributed by atoms with Crippen LogP contribution in [-0.4, -0.2) is 11.0 Å². The van der Waals surface area contributed by atoms with Gasteiger partial charge in [0.1, 0.15) is 5.75 Å². The number of hydrogen-bond donors (Lipinski definition) is 0. The van der Waals surface area contributed by atoms with Crippen molar-refractivity contribution in [1.82, 2.24) is 4.98 Å². The molecule has 0 unspecified atom stereocenters. The summed E-state index contributed by atoms with van der Waals surface area (Å²) < 4.78 is 5.35. The second-order valence-corrected chi connectivity index (χ2v) is 4.94. The summed E-state index contributed by atoms with van der Waals surface area (Å²) in [6.07, 6.45) is 7.52. The van der Waals surface area contributed by atoms with Crippen LogP contribution >= 0.6 is 0 Å². The van der Waals surface area contributed by atoms with Gasteiger partial charge >= 0.3 is 5.97 Å². The van der Waals surface area contributed by atoms with E-state index < -0.39 is 0 Å². The fourth-order valence-electron chi connectivity index (χ4n) is 2.05. The van der Waals surface area contributed by atoms with E-state index in [1.165, 1.54) is 0 Å². The van der Waals surface area contributed by atoms with Crippen LogP contribution in [0.25, 0.3) is 12.2 Å². The molecular weight excluding hydrogens is 286 g/mol. The molecule has 3 heteroatoms. The highest BCUT2D eigenvalue weighted by atomic mass is 16.5. The van der Waals surface area contributed by atoms with Crippen LogP contribution in [0, 0.1) is 0 Å². The largest absolute Gasteiger partial charge is 0.423 e. The number of hydrogen-bond acceptors (Lipinski definition) is 3. The Morgan fingerprint density at radius 1 is 0.783 bits per heavy atom. The lowest BCUT2D eigenvalue weighted by atomic mass is 10.1. The number of pyridine rings is 1. The maximum atomic E-state index is 12.0. The van der Waals surface area contributed by atoms with Gasteiger partial charge in [-0.25, -0.2) is 4.79 Å². The third kappa shape index (κ3) is 4.14. The molecule has 1 aromatic heterocycles. The molecule has 3 nitrogen and oxygen atoms in total. The highest BCUT2D eigenvalue weighted by Gasteiger charge is 2.07. The summed E-state index contributed by atoms with van der Waals surface area (Å²) in [5.74, 6) is 0.172. The summed E-state index contributed by atoms with van der Waals surface area (Å²) in [6.45, 7) is 0. The first kappa shape index (κ1) is 14.7. The third-order valence-corrected chi connectivity index (χ3v) is 3.27. The van der Waals surface area contributed by atoms with Gasteiger partial charge in [0.05, 0.1) is 5.56 Å². The third-order valence-electron chi connectivity index (χ3n) is 3.27. The highest BCUT2D eigenvalue weighted by Crippen LogP contribution is 2.16. The average molecular weight is 301 g/mol. The molecule has 0 bridgehead atoms. The van der Waals surface area contributed by atoms with E-state index in [2.05, 4.69) is 4.98 Å². The first-order valence-corrected chi connectivity index (χ1v) is 7.27. The Labute approximate surface area is 134 Å². The lowest BCUT2D eigenvalue weighted by Gasteiger charge is -2.04. The SMILES string of the molecule is O=C(Oc1ccc(/C=C/c2ccncc2)cc1)c1ccccc1. The number of nitrogens with zero attached hydrogens (tertiary/aromatic N) is 1. The van der Waals surface area contributed by atoms with Crippen LogP contribution in [0.2, 0.25) is 0 Å². The van der Waals surface area contributed by atoms with Gasteiger partial charge in [0, 0.05) is 12.4 Å². The van der Waals surface area contributed by atoms with E-state index in [1.54, 1.807) is 36.7 Å². The van der Waals surface area contributed by atoms with E-state index in [0.29, 0.717) is 11.3 Å². The van der Waals surface area contributed by atoms with Crippen LogP contribution < -0.4 is 4.74 Å². The normalized spacial score (nSPS) is 10.6. The fourth-order valence-corrected chi connectivity index (χ4v) is 2.05. The zero-order chi connectivity index (χ0) is 15.9. The van der Waals surface area contributed by atoms with Crippen LogP contribution in [-0.2, 0) is 0 Å². The molecule has 1 heterocycles. The van der Waals surface area contributed by atoms with Crippen LogP contribution in [0.15, 0.2) is 79.1 Å². The summed E-state index contributed by atoms with van der Waals surface area (Å²) in [5.41, 5.74) is 2.65. The molecule has 112 valence electrons. The Bertz CT molecular complexity index is 794. The molecule has 0 amide bonds. The molecule has 0 spiro atoms. The van der Waals surface area contributed by atoms with Crippen LogP contribution in [0.4, 0.5) is 0 Å². The maximum Gasteiger partial charge on any atom is 0.343 e. The van der Waals surface area contributed by atoms with E-state index >= 15 is 0 Å². The topological polar surface area (TPSA) is 39.2 Å². The second kappa shape index (κ2) is 7.18. The van der Waals surface area contributed by atoms with Crippen molar-refractivity contribution in [3.8, 4) is 5.75 Å². The van der Waals surface area contributed by atoms with Gasteiger partial charge in [-0.05, 0) is 47.5 Å². The minimum absolute atomic E-state index is 0.356. The van der Waals surface area contributed by atoms with Gasteiger partial charge in [-0.2, -0.15) is 0 Å². The zero-order valence-electron chi connectivity index (χ0n) is 12.4. The minimum atomic E-state index is -0.356. The van der Waals surface area contributed by atoms with Gasteiger partial charge in [-0.15, -0.1) is 0 Å². The smallest absolute Gasteiger partial charge is 0.343 e. The maximum absolute atomic E-state index is 12.0. The van der Waals surface area contributed by atoms with E-state index in [-0.39, 0.29) is 5.97 Å². The summed E-state index contributed by atoms with van der Waals surface area (Å²) in [7, 11) is 0. The Balaban J connectivity index is 1.65. The summed E-state index contributed by atoms with van der Waals surface area (Å²) in [6, 6.07) is 20.2. The van der Waals surface area contributed by atoms with Crippen LogP contribution in [0.5, 0.6) is 5.75 Å². The summed E-state index contributed by atoms with van der Waals surface area (Å²) >= 11 is 0. The average Bonchev–Trinajstić information content (AvgIpc) is 2.63. The number of esters is 1. The molecular formula is C20H15NO2. The van der Waals surface area contributed by atoms with Gasteiger partial charge in [-0.3, -0.25) is 4.98 Å². The Hall–Kier alpha value is -3.20. The molecule has 3 aromatic rings. The van der Waals surface area contributed by atoms with E-state index in [4.69, 9.17) is 4.74 Å². The summed E-state index contributed by atoms with van der Waals surface area (Å²) in [4.78, 5) is 15.9. The predicted octanol–water partition coefficient (Wildman–Crippen LogP) is 4.47. The minimum Gasteiger partial charge on any atom is -0.423 e. The highest BCUT2D eigenvalue weighted by molar-refractivity contribution is 5.91. The fraction of sp³-hybridized carbons (Fsp3) is 0. The molecule has 23 heavy (non-hydrogen) atoms. The van der Waals surface area contributed by atoms with Crippen molar-refractivity contribution >= 4 is 18.1 Å². The standard InChI is InChI=1S/C20H15NO2/c22-20(18-4-2-1-3-5-18)23-19-10-8-16(9-11-19)6-7-17-12-14-21-15-13-17/h1-15H/b7-6+. The van der Waals surface area contributed by atoms with Gasteiger partial charge in [0.15, 0.2) is 0 Å². The molecule has 0 fully saturated rings. The zero-order valence-corrected chi connectivity index (χ0v) is 12.4. The van der Waals surface area contributed by atoms with Crippen LogP contribution in [0.3, 0.4) is 0 Å². The predicted molar refractivity (Wildman–Crippen MR) is 91.0 cm³/mol. The van der Waals surface area contributed by atoms with Crippen molar-refractivity contribution < 1.29 is 9.53 Å². The number of ether oxygens (including phenoxy) is 1. The number of carbonyl (C=O) groups excluding carboxylic acids is 1. The number of rotatable bonds is 4. The molecule has 3 rings (SSSR count). The Morgan fingerprint density at radius 2 is 1.39 bits per heavy atom. The van der Waals surface area contributed by atoms with Crippen molar-refractivity contribution in [2.24, 2.45) is 0 Å². The number of carbonyl (C=O) groups is 1. The van der Waals surface area contributed by atoms with Gasteiger partial charge in [0.25, 0.3) is 0 Å². The molecule has 0 saturated carbocycles. The molecule has 0 radical (unpaired) electrons.